The predicted molar refractivity (Wildman–Crippen MR) is 138 cm³/mol. The lowest BCUT2D eigenvalue weighted by molar-refractivity contribution is -0.158. The highest BCUT2D eigenvalue weighted by Crippen LogP contribution is 2.27. The summed E-state index contributed by atoms with van der Waals surface area (Å²) in [5.41, 5.74) is 1.81. The molecule has 0 heterocycles. The molecule has 188 valence electrons. The fourth-order valence-electron chi connectivity index (χ4n) is 3.64. The quantitative estimate of drug-likeness (QED) is 0.382. The summed E-state index contributed by atoms with van der Waals surface area (Å²) in [4.78, 5) is 39.2. The van der Waals surface area contributed by atoms with Crippen LogP contribution < -0.4 is 15.4 Å². The van der Waals surface area contributed by atoms with E-state index in [1.807, 2.05) is 57.2 Å². The summed E-state index contributed by atoms with van der Waals surface area (Å²) in [5, 5.41) is 5.58. The summed E-state index contributed by atoms with van der Waals surface area (Å²) in [6.07, 6.45) is -1.09. The predicted octanol–water partition coefficient (Wildman–Crippen LogP) is 4.69. The van der Waals surface area contributed by atoms with Crippen molar-refractivity contribution in [3.8, 4) is 5.75 Å². The average molecular weight is 489 g/mol. The highest BCUT2D eigenvalue weighted by atomic mass is 16.5. The van der Waals surface area contributed by atoms with Crippen LogP contribution in [0.1, 0.15) is 38.0 Å². The second-order valence-corrected chi connectivity index (χ2v) is 8.60. The van der Waals surface area contributed by atoms with Gasteiger partial charge in [0.1, 0.15) is 11.8 Å². The zero-order valence-corrected chi connectivity index (χ0v) is 20.8. The van der Waals surface area contributed by atoms with Gasteiger partial charge in [-0.15, -0.1) is 0 Å². The van der Waals surface area contributed by atoms with Gasteiger partial charge in [-0.05, 0) is 30.5 Å². The molecule has 3 aromatic carbocycles. The second kappa shape index (κ2) is 13.1. The van der Waals surface area contributed by atoms with Crippen LogP contribution in [-0.2, 0) is 25.5 Å². The van der Waals surface area contributed by atoms with Crippen molar-refractivity contribution in [1.82, 2.24) is 5.32 Å². The number of ether oxygens (including phenoxy) is 2. The summed E-state index contributed by atoms with van der Waals surface area (Å²) in [6, 6.07) is 24.2. The van der Waals surface area contributed by atoms with Crippen LogP contribution in [0, 0.1) is 5.92 Å². The topological polar surface area (TPSA) is 93.7 Å². The molecule has 0 aliphatic carbocycles. The Labute approximate surface area is 211 Å². The van der Waals surface area contributed by atoms with Gasteiger partial charge in [0.15, 0.2) is 0 Å². The molecule has 0 aliphatic rings. The number of nitrogens with one attached hydrogen (secondary N) is 2. The van der Waals surface area contributed by atoms with Gasteiger partial charge in [-0.2, -0.15) is 0 Å². The lowest BCUT2D eigenvalue weighted by Gasteiger charge is -2.25. The van der Waals surface area contributed by atoms with Crippen LogP contribution in [0.5, 0.6) is 5.75 Å². The maximum atomic E-state index is 13.3. The second-order valence-electron chi connectivity index (χ2n) is 8.60. The molecule has 0 saturated heterocycles. The van der Waals surface area contributed by atoms with Gasteiger partial charge in [-0.25, -0.2) is 4.79 Å². The number of rotatable bonds is 11. The molecule has 7 nitrogen and oxygen atoms in total. The Bertz CT molecular complexity index is 1150. The molecule has 0 radical (unpaired) electrons. The van der Waals surface area contributed by atoms with E-state index < -0.39 is 24.0 Å². The minimum atomic E-state index is -1.22. The van der Waals surface area contributed by atoms with Gasteiger partial charge >= 0.3 is 5.97 Å². The maximum Gasteiger partial charge on any atom is 0.330 e. The van der Waals surface area contributed by atoms with Crippen molar-refractivity contribution in [2.24, 2.45) is 5.92 Å². The number of hydrogen-bond acceptors (Lipinski definition) is 5. The van der Waals surface area contributed by atoms with Crippen LogP contribution in [0.4, 0.5) is 5.69 Å². The zero-order valence-electron chi connectivity index (χ0n) is 20.8. The van der Waals surface area contributed by atoms with E-state index >= 15 is 0 Å². The summed E-state index contributed by atoms with van der Waals surface area (Å²) in [7, 11) is 0. The van der Waals surface area contributed by atoms with E-state index in [-0.39, 0.29) is 18.2 Å². The number of amides is 2. The highest BCUT2D eigenvalue weighted by Gasteiger charge is 2.32. The molecule has 3 aromatic rings. The first-order chi connectivity index (χ1) is 17.4. The van der Waals surface area contributed by atoms with Crippen molar-refractivity contribution in [1.29, 1.82) is 0 Å². The molecule has 2 atom stereocenters. The summed E-state index contributed by atoms with van der Waals surface area (Å²) in [6.45, 7) is 5.91. The number of hydrogen-bond donors (Lipinski definition) is 2. The fourth-order valence-corrected chi connectivity index (χ4v) is 3.64. The SMILES string of the molecule is CCOc1ccccc1NC(=O)C(OC(=O)C(NC(=O)Cc1ccccc1)C(C)C)c1ccccc1. The number of para-hydroxylation sites is 2. The standard InChI is InChI=1S/C29H32N2O5/c1-4-35-24-18-12-11-17-23(24)30-28(33)27(22-15-9-6-10-16-22)36-29(34)26(20(2)3)31-25(32)19-21-13-7-5-8-14-21/h5-18,20,26-27H,4,19H2,1-3H3,(H,30,33)(H,31,32). The normalized spacial score (nSPS) is 12.3. The Hall–Kier alpha value is -4.13. The molecular weight excluding hydrogens is 456 g/mol. The molecule has 0 fully saturated rings. The number of anilines is 1. The Morgan fingerprint density at radius 2 is 1.44 bits per heavy atom. The van der Waals surface area contributed by atoms with Crippen molar-refractivity contribution >= 4 is 23.5 Å². The summed E-state index contributed by atoms with van der Waals surface area (Å²) >= 11 is 0. The van der Waals surface area contributed by atoms with Crippen LogP contribution in [0.15, 0.2) is 84.9 Å². The molecule has 0 aliphatic heterocycles. The molecule has 0 saturated carbocycles. The van der Waals surface area contributed by atoms with Gasteiger partial charge in [0.25, 0.3) is 5.91 Å². The zero-order chi connectivity index (χ0) is 25.9. The van der Waals surface area contributed by atoms with E-state index in [1.54, 1.807) is 48.5 Å². The van der Waals surface area contributed by atoms with Crippen molar-refractivity contribution in [2.45, 2.75) is 39.3 Å². The van der Waals surface area contributed by atoms with Crippen molar-refractivity contribution < 1.29 is 23.9 Å². The lowest BCUT2D eigenvalue weighted by atomic mass is 10.0. The van der Waals surface area contributed by atoms with E-state index in [9.17, 15) is 14.4 Å². The van der Waals surface area contributed by atoms with Gasteiger partial charge in [0.05, 0.1) is 18.7 Å². The maximum absolute atomic E-state index is 13.3. The first kappa shape index (κ1) is 26.5. The molecule has 0 bridgehead atoms. The molecule has 7 heteroatoms. The fraction of sp³-hybridized carbons (Fsp3) is 0.276. The Morgan fingerprint density at radius 1 is 0.833 bits per heavy atom. The first-order valence-corrected chi connectivity index (χ1v) is 12.0. The van der Waals surface area contributed by atoms with E-state index in [2.05, 4.69) is 10.6 Å². The van der Waals surface area contributed by atoms with Gasteiger partial charge in [-0.1, -0.05) is 86.6 Å². The number of carbonyl (C=O) groups excluding carboxylic acids is 3. The highest BCUT2D eigenvalue weighted by molar-refractivity contribution is 5.97. The first-order valence-electron chi connectivity index (χ1n) is 12.0. The summed E-state index contributed by atoms with van der Waals surface area (Å²) in [5.74, 6) is -1.26. The third-order valence-corrected chi connectivity index (χ3v) is 5.46. The Balaban J connectivity index is 1.78. The molecule has 3 rings (SSSR count). The Kier molecular flexibility index (Phi) is 9.63. The summed E-state index contributed by atoms with van der Waals surface area (Å²) < 4.78 is 11.3. The minimum Gasteiger partial charge on any atom is -0.492 e. The van der Waals surface area contributed by atoms with Crippen LogP contribution >= 0.6 is 0 Å². The number of benzene rings is 3. The van der Waals surface area contributed by atoms with E-state index in [0.29, 0.717) is 23.6 Å². The largest absolute Gasteiger partial charge is 0.492 e. The van der Waals surface area contributed by atoms with E-state index in [0.717, 1.165) is 5.56 Å². The molecule has 2 N–H and O–H groups in total. The van der Waals surface area contributed by atoms with Crippen molar-refractivity contribution in [2.75, 3.05) is 11.9 Å². The number of carbonyl (C=O) groups is 3. The molecule has 2 amide bonds. The van der Waals surface area contributed by atoms with E-state index in [4.69, 9.17) is 9.47 Å². The molecular formula is C29H32N2O5. The molecule has 0 aromatic heterocycles. The third kappa shape index (κ3) is 7.43. The third-order valence-electron chi connectivity index (χ3n) is 5.46. The average Bonchev–Trinajstić information content (AvgIpc) is 2.88. The van der Waals surface area contributed by atoms with Crippen LogP contribution in [0.3, 0.4) is 0 Å². The van der Waals surface area contributed by atoms with Gasteiger partial charge in [0.2, 0.25) is 12.0 Å². The lowest BCUT2D eigenvalue weighted by Crippen LogP contribution is -2.46. The molecule has 36 heavy (non-hydrogen) atoms. The van der Waals surface area contributed by atoms with Gasteiger partial charge in [-0.3, -0.25) is 9.59 Å². The van der Waals surface area contributed by atoms with Crippen LogP contribution in [-0.4, -0.2) is 30.4 Å². The molecule has 0 spiro atoms. The minimum absolute atomic E-state index is 0.133. The van der Waals surface area contributed by atoms with Gasteiger partial charge in [0, 0.05) is 5.56 Å². The van der Waals surface area contributed by atoms with Crippen molar-refractivity contribution in [3.05, 3.63) is 96.1 Å². The van der Waals surface area contributed by atoms with E-state index in [1.165, 1.54) is 0 Å². The van der Waals surface area contributed by atoms with Crippen molar-refractivity contribution in [3.63, 3.8) is 0 Å². The molecule has 2 unspecified atom stereocenters. The van der Waals surface area contributed by atoms with Crippen LogP contribution in [0.25, 0.3) is 0 Å². The Morgan fingerprint density at radius 3 is 2.08 bits per heavy atom. The smallest absolute Gasteiger partial charge is 0.330 e. The van der Waals surface area contributed by atoms with Gasteiger partial charge < -0.3 is 20.1 Å². The van der Waals surface area contributed by atoms with Crippen LogP contribution in [0.2, 0.25) is 0 Å². The number of esters is 1. The monoisotopic (exact) mass is 488 g/mol.